The van der Waals surface area contributed by atoms with Crippen LogP contribution in [0.25, 0.3) is 10.9 Å². The number of benzene rings is 1. The summed E-state index contributed by atoms with van der Waals surface area (Å²) in [6.07, 6.45) is 1.95. The molecule has 5 rings (SSSR count). The Bertz CT molecular complexity index is 1110. The second kappa shape index (κ2) is 8.49. The van der Waals surface area contributed by atoms with Crippen molar-refractivity contribution in [2.45, 2.75) is 37.5 Å². The van der Waals surface area contributed by atoms with Crippen LogP contribution in [0.4, 0.5) is 24.8 Å². The van der Waals surface area contributed by atoms with Crippen LogP contribution < -0.4 is 5.32 Å². The lowest BCUT2D eigenvalue weighted by Gasteiger charge is -2.41. The van der Waals surface area contributed by atoms with E-state index in [1.54, 1.807) is 6.20 Å². The third-order valence-corrected chi connectivity index (χ3v) is 6.36. The summed E-state index contributed by atoms with van der Waals surface area (Å²) in [6, 6.07) is 4.43. The average Bonchev–Trinajstić information content (AvgIpc) is 3.12. The Labute approximate surface area is 187 Å². The van der Waals surface area contributed by atoms with Gasteiger partial charge in [0.1, 0.15) is 6.54 Å². The largest absolute Gasteiger partial charge is 0.408 e. The summed E-state index contributed by atoms with van der Waals surface area (Å²) in [5.74, 6) is 0.647. The third kappa shape index (κ3) is 4.67. The molecule has 0 spiro atoms. The molecule has 1 aromatic carbocycles. The van der Waals surface area contributed by atoms with E-state index in [0.717, 1.165) is 60.3 Å². The molecule has 4 heterocycles. The molecule has 0 unspecified atom stereocenters. The van der Waals surface area contributed by atoms with Gasteiger partial charge in [0.2, 0.25) is 5.95 Å². The van der Waals surface area contributed by atoms with Crippen LogP contribution in [-0.2, 0) is 11.3 Å². The van der Waals surface area contributed by atoms with Gasteiger partial charge in [0.15, 0.2) is 0 Å². The van der Waals surface area contributed by atoms with Crippen molar-refractivity contribution in [3.63, 3.8) is 0 Å². The first-order valence-corrected chi connectivity index (χ1v) is 10.9. The highest BCUT2D eigenvalue weighted by atomic mass is 35.5. The van der Waals surface area contributed by atoms with Crippen LogP contribution in [0.3, 0.4) is 0 Å². The molecule has 2 aliphatic heterocycles. The van der Waals surface area contributed by atoms with Gasteiger partial charge in [-0.05, 0) is 49.5 Å². The molecule has 2 aliphatic rings. The number of nitrogens with one attached hydrogen (secondary N) is 1. The summed E-state index contributed by atoms with van der Waals surface area (Å²) < 4.78 is 43.7. The van der Waals surface area contributed by atoms with E-state index in [2.05, 4.69) is 25.3 Å². The smallest absolute Gasteiger partial charge is 0.378 e. The van der Waals surface area contributed by atoms with Crippen LogP contribution in [-0.4, -0.2) is 63.2 Å². The lowest BCUT2D eigenvalue weighted by atomic mass is 9.88. The second-order valence-corrected chi connectivity index (χ2v) is 8.70. The van der Waals surface area contributed by atoms with Crippen LogP contribution in [0.15, 0.2) is 30.7 Å². The molecular weight excluding hydrogens is 445 g/mol. The lowest BCUT2D eigenvalue weighted by molar-refractivity contribution is -0.142. The Kier molecular flexibility index (Phi) is 5.68. The first-order chi connectivity index (χ1) is 15.3. The maximum absolute atomic E-state index is 12.5. The zero-order valence-corrected chi connectivity index (χ0v) is 17.9. The highest BCUT2D eigenvalue weighted by Crippen LogP contribution is 2.36. The topological polar surface area (TPSA) is 68.1 Å². The van der Waals surface area contributed by atoms with Crippen molar-refractivity contribution >= 4 is 34.1 Å². The van der Waals surface area contributed by atoms with Crippen LogP contribution in [0.1, 0.15) is 24.3 Å². The Morgan fingerprint density at radius 2 is 1.94 bits per heavy atom. The summed E-state index contributed by atoms with van der Waals surface area (Å²) in [4.78, 5) is 11.3. The Morgan fingerprint density at radius 3 is 2.62 bits per heavy atom. The quantitative estimate of drug-likeness (QED) is 0.602. The van der Waals surface area contributed by atoms with Crippen molar-refractivity contribution in [2.75, 3.05) is 31.6 Å². The number of rotatable bonds is 5. The number of nitrogens with zero attached hydrogens (tertiary/aromatic N) is 5. The van der Waals surface area contributed by atoms with Gasteiger partial charge in [0.25, 0.3) is 0 Å². The zero-order valence-electron chi connectivity index (χ0n) is 17.1. The molecule has 11 heteroatoms. The number of piperidine rings is 1. The maximum Gasteiger partial charge on any atom is 0.408 e. The van der Waals surface area contributed by atoms with Gasteiger partial charge in [0, 0.05) is 22.8 Å². The van der Waals surface area contributed by atoms with Crippen molar-refractivity contribution in [1.29, 1.82) is 0 Å². The number of alkyl halides is 3. The van der Waals surface area contributed by atoms with Gasteiger partial charge in [-0.15, -0.1) is 0 Å². The summed E-state index contributed by atoms with van der Waals surface area (Å²) in [7, 11) is 0. The lowest BCUT2D eigenvalue weighted by Crippen LogP contribution is -2.51. The molecular formula is C21H22ClF3N6O. The fourth-order valence-electron chi connectivity index (χ4n) is 4.28. The number of fused-ring (bicyclic) bond motifs is 1. The third-order valence-electron chi connectivity index (χ3n) is 6.04. The molecule has 0 amide bonds. The molecule has 1 N–H and O–H groups in total. The van der Waals surface area contributed by atoms with Gasteiger partial charge >= 0.3 is 6.18 Å². The van der Waals surface area contributed by atoms with E-state index in [4.69, 9.17) is 16.3 Å². The van der Waals surface area contributed by atoms with E-state index in [-0.39, 0.29) is 5.95 Å². The van der Waals surface area contributed by atoms with Gasteiger partial charge < -0.3 is 10.1 Å². The summed E-state index contributed by atoms with van der Waals surface area (Å²) in [5, 5.41) is 8.16. The first-order valence-electron chi connectivity index (χ1n) is 10.5. The molecule has 0 atom stereocenters. The number of anilines is 2. The zero-order chi connectivity index (χ0) is 22.3. The number of aromatic nitrogens is 4. The maximum atomic E-state index is 12.5. The fourth-order valence-corrected chi connectivity index (χ4v) is 4.60. The van der Waals surface area contributed by atoms with E-state index < -0.39 is 12.7 Å². The molecule has 0 saturated carbocycles. The Balaban J connectivity index is 1.32. The molecule has 2 aromatic heterocycles. The molecule has 170 valence electrons. The monoisotopic (exact) mass is 466 g/mol. The average molecular weight is 467 g/mol. The molecule has 3 aromatic rings. The molecule has 0 aliphatic carbocycles. The summed E-state index contributed by atoms with van der Waals surface area (Å²) in [5.41, 5.74) is 2.20. The van der Waals surface area contributed by atoms with Crippen molar-refractivity contribution in [2.24, 2.45) is 0 Å². The molecule has 0 bridgehead atoms. The van der Waals surface area contributed by atoms with E-state index in [0.29, 0.717) is 22.7 Å². The first kappa shape index (κ1) is 21.4. The Morgan fingerprint density at radius 1 is 1.16 bits per heavy atom. The van der Waals surface area contributed by atoms with Gasteiger partial charge in [-0.3, -0.25) is 9.58 Å². The number of likely N-dealkylation sites (tertiary alicyclic amines) is 1. The van der Waals surface area contributed by atoms with E-state index >= 15 is 0 Å². The predicted molar refractivity (Wildman–Crippen MR) is 114 cm³/mol. The highest BCUT2D eigenvalue weighted by Gasteiger charge is 2.31. The van der Waals surface area contributed by atoms with Crippen LogP contribution in [0, 0.1) is 0 Å². The van der Waals surface area contributed by atoms with Gasteiger partial charge in [-0.1, -0.05) is 11.6 Å². The van der Waals surface area contributed by atoms with Crippen LogP contribution in [0.5, 0.6) is 0 Å². The molecule has 32 heavy (non-hydrogen) atoms. The number of ether oxygens (including phenoxy) is 1. The standard InChI is InChI=1S/C21H22ClF3N6O/c22-18-5-14-7-26-20(28-15-8-27-31(9-15)12-21(23,24)25)29-19(14)6-17(18)13-1-3-30(4-2-13)16-10-32-11-16/h5-9,13,16H,1-4,10-12H2,(H,26,28,29). The van der Waals surface area contributed by atoms with E-state index in [9.17, 15) is 13.2 Å². The van der Waals surface area contributed by atoms with Crippen LogP contribution in [0.2, 0.25) is 5.02 Å². The Hall–Kier alpha value is -2.43. The van der Waals surface area contributed by atoms with Crippen molar-refractivity contribution in [1.82, 2.24) is 24.6 Å². The van der Waals surface area contributed by atoms with Crippen molar-refractivity contribution in [3.05, 3.63) is 41.3 Å². The number of halogens is 4. The number of hydrogen-bond donors (Lipinski definition) is 1. The SMILES string of the molecule is FC(F)(F)Cn1cc(Nc2ncc3cc(Cl)c(C4CCN(C5COC5)CC4)cc3n2)cn1. The molecule has 7 nitrogen and oxygen atoms in total. The second-order valence-electron chi connectivity index (χ2n) is 8.29. The minimum atomic E-state index is -4.33. The molecule has 2 fully saturated rings. The predicted octanol–water partition coefficient (Wildman–Crippen LogP) is 4.36. The minimum absolute atomic E-state index is 0.289. The normalized spacial score (nSPS) is 18.8. The summed E-state index contributed by atoms with van der Waals surface area (Å²) in [6.45, 7) is 2.53. The van der Waals surface area contributed by atoms with Gasteiger partial charge in [0.05, 0.1) is 36.7 Å². The summed E-state index contributed by atoms with van der Waals surface area (Å²) >= 11 is 6.59. The molecule has 0 radical (unpaired) electrons. The van der Waals surface area contributed by atoms with Crippen LogP contribution >= 0.6 is 11.6 Å². The highest BCUT2D eigenvalue weighted by molar-refractivity contribution is 6.32. The molecule has 2 saturated heterocycles. The van der Waals surface area contributed by atoms with Crippen molar-refractivity contribution in [3.8, 4) is 0 Å². The van der Waals surface area contributed by atoms with Gasteiger partial charge in [-0.2, -0.15) is 18.3 Å². The van der Waals surface area contributed by atoms with E-state index in [1.807, 2.05) is 12.1 Å². The van der Waals surface area contributed by atoms with E-state index in [1.165, 1.54) is 12.4 Å². The number of hydrogen-bond acceptors (Lipinski definition) is 6. The van der Waals surface area contributed by atoms with Crippen molar-refractivity contribution < 1.29 is 17.9 Å². The van der Waals surface area contributed by atoms with Gasteiger partial charge in [-0.25, -0.2) is 9.97 Å². The minimum Gasteiger partial charge on any atom is -0.378 e. The fraction of sp³-hybridized carbons (Fsp3) is 0.476.